The number of allylic oxidation sites excluding steroid dienone is 2. The van der Waals surface area contributed by atoms with Crippen LogP contribution in [0, 0.1) is 0 Å². The Hall–Kier alpha value is -1.13. The molecule has 0 aliphatic carbocycles. The summed E-state index contributed by atoms with van der Waals surface area (Å²) in [4.78, 5) is 10.3. The van der Waals surface area contributed by atoms with E-state index in [-0.39, 0.29) is 6.42 Å². The van der Waals surface area contributed by atoms with Crippen LogP contribution < -0.4 is 0 Å². The molecule has 0 fully saturated rings. The third-order valence-corrected chi connectivity index (χ3v) is 3.52. The van der Waals surface area contributed by atoms with Gasteiger partial charge in [0, 0.05) is 6.42 Å². The minimum Gasteiger partial charge on any atom is -0.481 e. The van der Waals surface area contributed by atoms with E-state index in [1.165, 1.54) is 0 Å². The Bertz CT molecular complexity index is 323. The van der Waals surface area contributed by atoms with E-state index in [1.807, 2.05) is 0 Å². The highest BCUT2D eigenvalue weighted by atomic mass is 16.4. The minimum absolute atomic E-state index is 0.230. The summed E-state index contributed by atoms with van der Waals surface area (Å²) in [6.45, 7) is 2.14. The second kappa shape index (κ2) is 14.8. The number of carboxylic acid groups (broad SMARTS) is 1. The molecule has 0 heterocycles. The summed E-state index contributed by atoms with van der Waals surface area (Å²) in [5.74, 6) is -0.744. The fourth-order valence-corrected chi connectivity index (χ4v) is 2.16. The summed E-state index contributed by atoms with van der Waals surface area (Å²) in [5, 5.41) is 27.9. The quantitative estimate of drug-likeness (QED) is 0.336. The first-order chi connectivity index (χ1) is 10.6. The van der Waals surface area contributed by atoms with E-state index in [2.05, 4.69) is 6.92 Å². The largest absolute Gasteiger partial charge is 0.481 e. The van der Waals surface area contributed by atoms with Crippen LogP contribution in [0.25, 0.3) is 0 Å². The molecule has 0 spiro atoms. The van der Waals surface area contributed by atoms with Crippen LogP contribution in [-0.4, -0.2) is 33.5 Å². The van der Waals surface area contributed by atoms with Crippen molar-refractivity contribution in [1.29, 1.82) is 0 Å². The highest BCUT2D eigenvalue weighted by molar-refractivity contribution is 5.66. The van der Waals surface area contributed by atoms with Gasteiger partial charge in [-0.15, -0.1) is 0 Å². The fourth-order valence-electron chi connectivity index (χ4n) is 2.16. The summed E-state index contributed by atoms with van der Waals surface area (Å²) >= 11 is 0. The van der Waals surface area contributed by atoms with E-state index in [4.69, 9.17) is 5.11 Å². The normalized spacial score (nSPS) is 14.7. The Morgan fingerprint density at radius 1 is 0.864 bits per heavy atom. The van der Waals surface area contributed by atoms with Crippen LogP contribution in [0.5, 0.6) is 0 Å². The van der Waals surface area contributed by atoms with Gasteiger partial charge in [0.1, 0.15) is 0 Å². The number of aliphatic carboxylic acids is 1. The average Bonchev–Trinajstić information content (AvgIpc) is 2.47. The van der Waals surface area contributed by atoms with Crippen LogP contribution in [0.2, 0.25) is 0 Å². The molecule has 4 heteroatoms. The third kappa shape index (κ3) is 15.3. The molecule has 0 radical (unpaired) electrons. The topological polar surface area (TPSA) is 77.8 Å². The van der Waals surface area contributed by atoms with Gasteiger partial charge in [0.15, 0.2) is 0 Å². The van der Waals surface area contributed by atoms with Crippen molar-refractivity contribution in [2.45, 2.75) is 83.3 Å². The number of carboxylic acids is 1. The van der Waals surface area contributed by atoms with Crippen molar-refractivity contribution < 1.29 is 20.1 Å². The van der Waals surface area contributed by atoms with E-state index >= 15 is 0 Å². The van der Waals surface area contributed by atoms with Gasteiger partial charge in [-0.05, 0) is 19.3 Å². The number of rotatable bonds is 14. The molecule has 0 aromatic carbocycles. The summed E-state index contributed by atoms with van der Waals surface area (Å²) in [6.07, 6.45) is 14.7. The molecule has 0 saturated carbocycles. The van der Waals surface area contributed by atoms with Crippen molar-refractivity contribution in [2.24, 2.45) is 0 Å². The molecule has 3 N–H and O–H groups in total. The number of hydrogen-bond donors (Lipinski definition) is 3. The molecule has 2 atom stereocenters. The molecule has 0 bridgehead atoms. The summed E-state index contributed by atoms with van der Waals surface area (Å²) < 4.78 is 0. The zero-order valence-electron chi connectivity index (χ0n) is 13.8. The van der Waals surface area contributed by atoms with Gasteiger partial charge in [0.25, 0.3) is 0 Å². The Balaban J connectivity index is 3.60. The van der Waals surface area contributed by atoms with Gasteiger partial charge in [-0.1, -0.05) is 69.8 Å². The van der Waals surface area contributed by atoms with Crippen molar-refractivity contribution >= 4 is 5.97 Å². The Labute approximate surface area is 134 Å². The SMILES string of the molecule is CCCCC[C@H](O)/C=C/C=C\[C@H](O)CCCCCCC(=O)O. The molecule has 0 aliphatic heterocycles. The van der Waals surface area contributed by atoms with E-state index in [1.54, 1.807) is 24.3 Å². The number of aliphatic hydroxyl groups is 2. The lowest BCUT2D eigenvalue weighted by Gasteiger charge is -2.05. The van der Waals surface area contributed by atoms with Crippen molar-refractivity contribution in [3.63, 3.8) is 0 Å². The molecular formula is C18H32O4. The van der Waals surface area contributed by atoms with Crippen molar-refractivity contribution in [1.82, 2.24) is 0 Å². The van der Waals surface area contributed by atoms with Gasteiger partial charge in [0.2, 0.25) is 0 Å². The van der Waals surface area contributed by atoms with Gasteiger partial charge >= 0.3 is 5.97 Å². The highest BCUT2D eigenvalue weighted by Gasteiger charge is 2.00. The first-order valence-corrected chi connectivity index (χ1v) is 8.49. The monoisotopic (exact) mass is 312 g/mol. The number of aliphatic hydroxyl groups excluding tert-OH is 2. The Morgan fingerprint density at radius 3 is 1.86 bits per heavy atom. The minimum atomic E-state index is -0.744. The predicted molar refractivity (Wildman–Crippen MR) is 89.8 cm³/mol. The number of unbranched alkanes of at least 4 members (excludes halogenated alkanes) is 5. The zero-order valence-corrected chi connectivity index (χ0v) is 13.8. The summed E-state index contributed by atoms with van der Waals surface area (Å²) in [5.41, 5.74) is 0. The number of carbonyl (C=O) groups is 1. The Morgan fingerprint density at radius 2 is 1.36 bits per heavy atom. The molecule has 0 aliphatic rings. The lowest BCUT2D eigenvalue weighted by atomic mass is 10.1. The second-order valence-corrected chi connectivity index (χ2v) is 5.75. The fraction of sp³-hybridized carbons (Fsp3) is 0.722. The summed E-state index contributed by atoms with van der Waals surface area (Å²) in [6, 6.07) is 0. The van der Waals surface area contributed by atoms with E-state index < -0.39 is 18.2 Å². The molecule has 0 unspecified atom stereocenters. The van der Waals surface area contributed by atoms with Crippen LogP contribution in [0.3, 0.4) is 0 Å². The molecule has 128 valence electrons. The Kier molecular flexibility index (Phi) is 14.0. The van der Waals surface area contributed by atoms with Crippen molar-refractivity contribution in [3.05, 3.63) is 24.3 Å². The molecule has 0 saturated heterocycles. The van der Waals surface area contributed by atoms with E-state index in [0.717, 1.165) is 44.9 Å². The maximum Gasteiger partial charge on any atom is 0.303 e. The molecule has 22 heavy (non-hydrogen) atoms. The van der Waals surface area contributed by atoms with Crippen LogP contribution in [0.15, 0.2) is 24.3 Å². The van der Waals surface area contributed by atoms with Crippen LogP contribution >= 0.6 is 0 Å². The zero-order chi connectivity index (χ0) is 16.6. The van der Waals surface area contributed by atoms with E-state index in [0.29, 0.717) is 12.8 Å². The molecule has 4 nitrogen and oxygen atoms in total. The van der Waals surface area contributed by atoms with Crippen molar-refractivity contribution in [2.75, 3.05) is 0 Å². The standard InChI is InChI=1S/C18H32O4/c1-2-3-6-11-16(19)13-9-10-14-17(20)12-7-4-5-8-15-18(21)22/h9-10,13-14,16-17,19-20H,2-8,11-12,15H2,1H3,(H,21,22)/b13-9+,14-10-/t16-,17+/m0/s1. The first-order valence-electron chi connectivity index (χ1n) is 8.49. The molecule has 0 aromatic heterocycles. The molecular weight excluding hydrogens is 280 g/mol. The van der Waals surface area contributed by atoms with Gasteiger partial charge in [-0.2, -0.15) is 0 Å². The van der Waals surface area contributed by atoms with Crippen molar-refractivity contribution in [3.8, 4) is 0 Å². The second-order valence-electron chi connectivity index (χ2n) is 5.75. The van der Waals surface area contributed by atoms with Crippen LogP contribution in [0.4, 0.5) is 0 Å². The molecule has 0 rings (SSSR count). The lowest BCUT2D eigenvalue weighted by molar-refractivity contribution is -0.137. The maximum atomic E-state index is 10.3. The van der Waals surface area contributed by atoms with Gasteiger partial charge in [-0.25, -0.2) is 0 Å². The van der Waals surface area contributed by atoms with Gasteiger partial charge < -0.3 is 15.3 Å². The maximum absolute atomic E-state index is 10.3. The lowest BCUT2D eigenvalue weighted by Crippen LogP contribution is -2.02. The molecule has 0 aromatic rings. The first kappa shape index (κ1) is 20.9. The van der Waals surface area contributed by atoms with Gasteiger partial charge in [0.05, 0.1) is 12.2 Å². The van der Waals surface area contributed by atoms with Crippen LogP contribution in [-0.2, 0) is 4.79 Å². The summed E-state index contributed by atoms with van der Waals surface area (Å²) in [7, 11) is 0. The smallest absolute Gasteiger partial charge is 0.303 e. The predicted octanol–water partition coefficient (Wildman–Crippen LogP) is 3.83. The van der Waals surface area contributed by atoms with Crippen LogP contribution in [0.1, 0.15) is 71.1 Å². The third-order valence-electron chi connectivity index (χ3n) is 3.52. The molecule has 0 amide bonds. The van der Waals surface area contributed by atoms with Gasteiger partial charge in [-0.3, -0.25) is 4.79 Å². The van der Waals surface area contributed by atoms with E-state index in [9.17, 15) is 15.0 Å². The number of hydrogen-bond acceptors (Lipinski definition) is 3. The average molecular weight is 312 g/mol. The highest BCUT2D eigenvalue weighted by Crippen LogP contribution is 2.08.